The Morgan fingerprint density at radius 2 is 2.11 bits per heavy atom. The average molecular weight is 312 g/mol. The molecule has 0 aliphatic rings. The second-order valence-corrected chi connectivity index (χ2v) is 4.19. The van der Waals surface area contributed by atoms with Crippen LogP contribution in [0.4, 0.5) is 4.79 Å². The minimum absolute atomic E-state index is 0.137. The van der Waals surface area contributed by atoms with Gasteiger partial charge in [-0.25, -0.2) is 4.79 Å². The lowest BCUT2D eigenvalue weighted by Crippen LogP contribution is -2.18. The molecule has 18 heavy (non-hydrogen) atoms. The molecule has 0 saturated heterocycles. The maximum atomic E-state index is 10.9. The maximum Gasteiger partial charge on any atom is 0.411 e. The van der Waals surface area contributed by atoms with Crippen LogP contribution in [0.5, 0.6) is 5.88 Å². The highest BCUT2D eigenvalue weighted by Crippen LogP contribution is 2.31. The Bertz CT molecular complexity index is 568. The molecule has 0 unspecified atom stereocenters. The van der Waals surface area contributed by atoms with Crippen molar-refractivity contribution in [2.45, 2.75) is 6.61 Å². The first-order chi connectivity index (χ1) is 8.63. The van der Waals surface area contributed by atoms with Crippen molar-refractivity contribution in [2.75, 3.05) is 0 Å². The number of aromatic nitrogens is 2. The van der Waals surface area contributed by atoms with E-state index in [0.717, 1.165) is 0 Å². The van der Waals surface area contributed by atoms with E-state index in [1.54, 1.807) is 12.1 Å². The van der Waals surface area contributed by atoms with Gasteiger partial charge in [0.25, 0.3) is 0 Å². The molecule has 2 aromatic rings. The fourth-order valence-electron chi connectivity index (χ4n) is 1.45. The lowest BCUT2D eigenvalue weighted by molar-refractivity contribution is 0.207. The highest BCUT2D eigenvalue weighted by atomic mass is 79.9. The van der Waals surface area contributed by atoms with Crippen molar-refractivity contribution >= 4 is 22.0 Å². The molecule has 0 atom stereocenters. The molecule has 6 nitrogen and oxygen atoms in total. The fraction of sp³-hybridized carbons (Fsp3) is 0.0909. The molecule has 1 heterocycles. The monoisotopic (exact) mass is 311 g/mol. The Morgan fingerprint density at radius 3 is 2.67 bits per heavy atom. The van der Waals surface area contributed by atoms with Gasteiger partial charge in [0.2, 0.25) is 5.88 Å². The van der Waals surface area contributed by atoms with Gasteiger partial charge in [0.15, 0.2) is 0 Å². The third-order valence-electron chi connectivity index (χ3n) is 2.20. The SMILES string of the molecule is NC(=O)Oc1c(Br)c(CO)nn1-c1ccccc1. The summed E-state index contributed by atoms with van der Waals surface area (Å²) in [5.41, 5.74) is 6.05. The first kappa shape index (κ1) is 12.6. The predicted octanol–water partition coefficient (Wildman–Crippen LogP) is 1.58. The van der Waals surface area contributed by atoms with E-state index in [-0.39, 0.29) is 12.5 Å². The first-order valence-corrected chi connectivity index (χ1v) is 5.83. The van der Waals surface area contributed by atoms with Crippen LogP contribution in [-0.2, 0) is 6.61 Å². The molecule has 3 N–H and O–H groups in total. The summed E-state index contributed by atoms with van der Waals surface area (Å²) < 4.78 is 6.68. The van der Waals surface area contributed by atoms with E-state index >= 15 is 0 Å². The van der Waals surface area contributed by atoms with Crippen LogP contribution in [0, 0.1) is 0 Å². The maximum absolute atomic E-state index is 10.9. The van der Waals surface area contributed by atoms with Gasteiger partial charge in [-0.2, -0.15) is 9.78 Å². The Hall–Kier alpha value is -1.86. The molecule has 1 aromatic heterocycles. The summed E-state index contributed by atoms with van der Waals surface area (Å²) in [6, 6.07) is 9.06. The number of benzene rings is 1. The third-order valence-corrected chi connectivity index (χ3v) is 3.00. The van der Waals surface area contributed by atoms with Gasteiger partial charge in [-0.05, 0) is 28.1 Å². The number of nitrogens with two attached hydrogens (primary N) is 1. The van der Waals surface area contributed by atoms with Gasteiger partial charge in [-0.15, -0.1) is 0 Å². The molecule has 0 fully saturated rings. The lowest BCUT2D eigenvalue weighted by atomic mass is 10.3. The van der Waals surface area contributed by atoms with Gasteiger partial charge < -0.3 is 15.6 Å². The molecule has 1 amide bonds. The topological polar surface area (TPSA) is 90.4 Å². The van der Waals surface area contributed by atoms with E-state index in [1.807, 2.05) is 18.2 Å². The van der Waals surface area contributed by atoms with Crippen LogP contribution in [0.2, 0.25) is 0 Å². The summed E-state index contributed by atoms with van der Waals surface area (Å²) in [5, 5.41) is 13.3. The summed E-state index contributed by atoms with van der Waals surface area (Å²) in [7, 11) is 0. The summed E-state index contributed by atoms with van der Waals surface area (Å²) in [6.07, 6.45) is -0.947. The standard InChI is InChI=1S/C11H10BrN3O3/c12-9-8(6-16)14-15(10(9)18-11(13)17)7-4-2-1-3-5-7/h1-5,16H,6H2,(H2,13,17). The van der Waals surface area contributed by atoms with E-state index < -0.39 is 6.09 Å². The molecule has 0 radical (unpaired) electrons. The van der Waals surface area contributed by atoms with Crippen molar-refractivity contribution in [1.29, 1.82) is 0 Å². The molecule has 0 aliphatic carbocycles. The van der Waals surface area contributed by atoms with Crippen LogP contribution < -0.4 is 10.5 Å². The first-order valence-electron chi connectivity index (χ1n) is 5.04. The van der Waals surface area contributed by atoms with Gasteiger partial charge in [0.05, 0.1) is 12.3 Å². The Balaban J connectivity index is 2.55. The van der Waals surface area contributed by atoms with E-state index in [2.05, 4.69) is 21.0 Å². The zero-order valence-corrected chi connectivity index (χ0v) is 10.8. The van der Waals surface area contributed by atoms with Crippen molar-refractivity contribution in [3.63, 3.8) is 0 Å². The Labute approximate surface area is 111 Å². The average Bonchev–Trinajstić information content (AvgIpc) is 2.67. The van der Waals surface area contributed by atoms with Crippen LogP contribution in [0.1, 0.15) is 5.69 Å². The number of aliphatic hydroxyl groups excluding tert-OH is 1. The van der Waals surface area contributed by atoms with E-state index in [9.17, 15) is 4.79 Å². The number of rotatable bonds is 3. The van der Waals surface area contributed by atoms with Gasteiger partial charge in [0.1, 0.15) is 10.2 Å². The van der Waals surface area contributed by atoms with Crippen LogP contribution in [0.15, 0.2) is 34.8 Å². The quantitative estimate of drug-likeness (QED) is 0.900. The molecule has 7 heteroatoms. The molecule has 0 aliphatic heterocycles. The minimum atomic E-state index is -0.947. The molecule has 0 spiro atoms. The fourth-order valence-corrected chi connectivity index (χ4v) is 1.91. The number of nitrogens with zero attached hydrogens (tertiary/aromatic N) is 2. The summed E-state index contributed by atoms with van der Waals surface area (Å²) in [4.78, 5) is 10.9. The number of hydrogen-bond acceptors (Lipinski definition) is 4. The smallest absolute Gasteiger partial charge is 0.390 e. The summed E-state index contributed by atoms with van der Waals surface area (Å²) >= 11 is 3.21. The number of hydrogen-bond donors (Lipinski definition) is 2. The molecular weight excluding hydrogens is 302 g/mol. The highest BCUT2D eigenvalue weighted by molar-refractivity contribution is 9.10. The van der Waals surface area contributed by atoms with Gasteiger partial charge in [-0.3, -0.25) is 0 Å². The van der Waals surface area contributed by atoms with Crippen molar-refractivity contribution in [1.82, 2.24) is 9.78 Å². The van der Waals surface area contributed by atoms with E-state index in [0.29, 0.717) is 15.9 Å². The van der Waals surface area contributed by atoms with E-state index in [4.69, 9.17) is 15.6 Å². The van der Waals surface area contributed by atoms with Crippen molar-refractivity contribution < 1.29 is 14.6 Å². The normalized spacial score (nSPS) is 10.3. The number of primary amides is 1. The number of aliphatic hydroxyl groups is 1. The van der Waals surface area contributed by atoms with Gasteiger partial charge in [0, 0.05) is 0 Å². The highest BCUT2D eigenvalue weighted by Gasteiger charge is 2.19. The lowest BCUT2D eigenvalue weighted by Gasteiger charge is -2.06. The van der Waals surface area contributed by atoms with Crippen LogP contribution >= 0.6 is 15.9 Å². The molecule has 1 aromatic carbocycles. The number of ether oxygens (including phenoxy) is 1. The van der Waals surface area contributed by atoms with Crippen molar-refractivity contribution in [3.05, 3.63) is 40.5 Å². The predicted molar refractivity (Wildman–Crippen MR) is 67.4 cm³/mol. The summed E-state index contributed by atoms with van der Waals surface area (Å²) in [6.45, 7) is -0.282. The van der Waals surface area contributed by atoms with Crippen molar-refractivity contribution in [2.24, 2.45) is 5.73 Å². The summed E-state index contributed by atoms with van der Waals surface area (Å²) in [5.74, 6) is 0.137. The van der Waals surface area contributed by atoms with Crippen molar-refractivity contribution in [3.8, 4) is 11.6 Å². The largest absolute Gasteiger partial charge is 0.411 e. The number of halogens is 1. The second-order valence-electron chi connectivity index (χ2n) is 3.39. The van der Waals surface area contributed by atoms with Crippen LogP contribution in [-0.4, -0.2) is 21.0 Å². The molecule has 2 rings (SSSR count). The molecule has 94 valence electrons. The van der Waals surface area contributed by atoms with Crippen LogP contribution in [0.3, 0.4) is 0 Å². The number of amides is 1. The minimum Gasteiger partial charge on any atom is -0.390 e. The van der Waals surface area contributed by atoms with E-state index in [1.165, 1.54) is 4.68 Å². The molecule has 0 bridgehead atoms. The Kier molecular flexibility index (Phi) is 3.63. The second kappa shape index (κ2) is 5.19. The number of carbonyl (C=O) groups excluding carboxylic acids is 1. The zero-order valence-electron chi connectivity index (χ0n) is 9.21. The number of para-hydroxylation sites is 1. The third kappa shape index (κ3) is 2.36. The van der Waals surface area contributed by atoms with Gasteiger partial charge >= 0.3 is 6.09 Å². The Morgan fingerprint density at radius 1 is 1.44 bits per heavy atom. The van der Waals surface area contributed by atoms with Crippen LogP contribution in [0.25, 0.3) is 5.69 Å². The number of carbonyl (C=O) groups is 1. The molecule has 0 saturated carbocycles. The van der Waals surface area contributed by atoms with Gasteiger partial charge in [-0.1, -0.05) is 18.2 Å². The molecular formula is C11H10BrN3O3. The zero-order chi connectivity index (χ0) is 13.1.